The topological polar surface area (TPSA) is 46.6 Å². The highest BCUT2D eigenvalue weighted by Gasteiger charge is 2.47. The van der Waals surface area contributed by atoms with Crippen LogP contribution in [0.1, 0.15) is 41.4 Å². The Morgan fingerprint density at radius 2 is 1.42 bits per heavy atom. The highest BCUT2D eigenvalue weighted by Crippen LogP contribution is 2.49. The number of aryl methyl sites for hydroxylation is 4. The molecule has 0 fully saturated rings. The average Bonchev–Trinajstić information content (AvgIpc) is 3.20. The quantitative estimate of drug-likeness (QED) is 0.440. The second kappa shape index (κ2) is 8.20. The summed E-state index contributed by atoms with van der Waals surface area (Å²) in [6, 6.07) is 13.2. The Morgan fingerprint density at radius 3 is 1.90 bits per heavy atom. The molecule has 0 amide bonds. The van der Waals surface area contributed by atoms with E-state index < -0.39 is 15.4 Å². The maximum Gasteiger partial charge on any atom is 0.318 e. The minimum Gasteiger partial charge on any atom is -0.381 e. The zero-order valence-electron chi connectivity index (χ0n) is 18.6. The molecule has 0 bridgehead atoms. The van der Waals surface area contributed by atoms with Crippen molar-refractivity contribution in [1.82, 2.24) is 4.90 Å². The van der Waals surface area contributed by atoms with Crippen LogP contribution in [0.5, 0.6) is 0 Å². The van der Waals surface area contributed by atoms with Crippen molar-refractivity contribution >= 4 is 44.1 Å². The lowest BCUT2D eigenvalue weighted by molar-refractivity contribution is 0.315. The summed E-state index contributed by atoms with van der Waals surface area (Å²) in [5.41, 5.74) is 3.61. The molecule has 3 aromatic rings. The first kappa shape index (κ1) is 22.3. The molecule has 3 heterocycles. The Labute approximate surface area is 192 Å². The number of thiophene rings is 2. The van der Waals surface area contributed by atoms with Gasteiger partial charge in [-0.05, 0) is 65.0 Å². The average molecular weight is 474 g/mol. The van der Waals surface area contributed by atoms with E-state index >= 15 is 0 Å². The third kappa shape index (κ3) is 4.00. The zero-order valence-corrected chi connectivity index (χ0v) is 21.0. The second-order valence-electron chi connectivity index (χ2n) is 8.21. The maximum absolute atomic E-state index is 13.6. The molecule has 7 heteroatoms. The Hall–Kier alpha value is -1.93. The second-order valence-corrected chi connectivity index (χ2v) is 12.8. The Kier molecular flexibility index (Phi) is 5.89. The molecule has 4 rings (SSSR count). The lowest BCUT2D eigenvalue weighted by atomic mass is 9.89. The van der Waals surface area contributed by atoms with E-state index in [1.54, 1.807) is 22.7 Å². The van der Waals surface area contributed by atoms with E-state index in [1.807, 2.05) is 69.2 Å². The number of likely N-dealkylation sites (N-methyl/N-ethyl adjacent to an activating group) is 1. The van der Waals surface area contributed by atoms with Gasteiger partial charge in [0.1, 0.15) is 5.25 Å². The molecule has 0 saturated heterocycles. The van der Waals surface area contributed by atoms with Gasteiger partial charge in [-0.2, -0.15) is 8.42 Å². The van der Waals surface area contributed by atoms with Crippen LogP contribution in [-0.4, -0.2) is 33.5 Å². The molecule has 0 unspecified atom stereocenters. The van der Waals surface area contributed by atoms with Gasteiger partial charge in [-0.15, -0.1) is 22.7 Å². The first-order chi connectivity index (χ1) is 14.6. The predicted molar refractivity (Wildman–Crippen MR) is 131 cm³/mol. The number of benzene rings is 1. The van der Waals surface area contributed by atoms with Crippen molar-refractivity contribution in [2.75, 3.05) is 14.1 Å². The SMILES string of the molecule is Cc1cc(C2=C(c3cc(C)sc3C)[C@@H](N(C)C)[C@H](c3ccccc3)S(=O)(=O)O2)c(C)s1. The fourth-order valence-corrected chi connectivity index (χ4v) is 7.96. The van der Waals surface area contributed by atoms with E-state index in [9.17, 15) is 8.42 Å². The predicted octanol–water partition coefficient (Wildman–Crippen LogP) is 5.94. The van der Waals surface area contributed by atoms with Gasteiger partial charge >= 0.3 is 10.1 Å². The van der Waals surface area contributed by atoms with Gasteiger partial charge in [-0.1, -0.05) is 30.3 Å². The first-order valence-electron chi connectivity index (χ1n) is 10.1. The lowest BCUT2D eigenvalue weighted by Gasteiger charge is -2.39. The molecule has 0 aliphatic carbocycles. The molecule has 31 heavy (non-hydrogen) atoms. The van der Waals surface area contributed by atoms with Gasteiger partial charge in [0.05, 0.1) is 6.04 Å². The Balaban J connectivity index is 2.08. The Bertz CT molecular complexity index is 1250. The van der Waals surface area contributed by atoms with E-state index in [2.05, 4.69) is 19.9 Å². The molecule has 164 valence electrons. The summed E-state index contributed by atoms with van der Waals surface area (Å²) in [7, 11) is -0.0265. The van der Waals surface area contributed by atoms with Crippen LogP contribution in [-0.2, 0) is 14.3 Å². The highest BCUT2D eigenvalue weighted by molar-refractivity contribution is 7.87. The van der Waals surface area contributed by atoms with Crippen molar-refractivity contribution in [2.24, 2.45) is 0 Å². The van der Waals surface area contributed by atoms with Crippen LogP contribution in [0.4, 0.5) is 0 Å². The number of hydrogen-bond acceptors (Lipinski definition) is 6. The minimum atomic E-state index is -3.91. The van der Waals surface area contributed by atoms with E-state index in [0.29, 0.717) is 5.76 Å². The van der Waals surface area contributed by atoms with Gasteiger partial charge in [0, 0.05) is 30.6 Å². The summed E-state index contributed by atoms with van der Waals surface area (Å²) in [5.74, 6) is 0.466. The lowest BCUT2D eigenvalue weighted by Crippen LogP contribution is -2.42. The van der Waals surface area contributed by atoms with Crippen molar-refractivity contribution in [1.29, 1.82) is 0 Å². The molecule has 0 spiro atoms. The smallest absolute Gasteiger partial charge is 0.318 e. The van der Waals surface area contributed by atoms with Crippen molar-refractivity contribution in [3.63, 3.8) is 0 Å². The normalized spacial score (nSPS) is 20.9. The molecule has 2 atom stereocenters. The molecule has 4 nitrogen and oxygen atoms in total. The van der Waals surface area contributed by atoms with Gasteiger partial charge < -0.3 is 9.08 Å². The molecule has 0 saturated carbocycles. The fraction of sp³-hybridized carbons (Fsp3) is 0.333. The number of hydrogen-bond donors (Lipinski definition) is 0. The van der Waals surface area contributed by atoms with Crippen LogP contribution in [0.15, 0.2) is 42.5 Å². The third-order valence-electron chi connectivity index (χ3n) is 5.64. The monoisotopic (exact) mass is 473 g/mol. The van der Waals surface area contributed by atoms with E-state index in [0.717, 1.165) is 36.9 Å². The third-order valence-corrected chi connectivity index (χ3v) is 9.12. The molecule has 1 aromatic carbocycles. The summed E-state index contributed by atoms with van der Waals surface area (Å²) < 4.78 is 33.1. The molecule has 1 aliphatic rings. The fourth-order valence-electron chi connectivity index (χ4n) is 4.40. The Morgan fingerprint density at radius 1 is 0.871 bits per heavy atom. The standard InChI is InChI=1S/C24H27NO3S3/c1-14-12-19(16(3)29-14)21-22(25(5)6)24(18-10-8-7-9-11-18)31(26,27)28-23(21)20-13-15(2)30-17(20)4/h7-13,22,24H,1-6H3/t22-,24+/m1/s1. The summed E-state index contributed by atoms with van der Waals surface area (Å²) >= 11 is 3.38. The van der Waals surface area contributed by atoms with Crippen LogP contribution in [0.25, 0.3) is 11.3 Å². The van der Waals surface area contributed by atoms with Gasteiger partial charge in [-0.25, -0.2) is 0 Å². The molecule has 0 radical (unpaired) electrons. The highest BCUT2D eigenvalue weighted by atomic mass is 32.2. The molecule has 0 N–H and O–H groups in total. The summed E-state index contributed by atoms with van der Waals surface area (Å²) in [6.07, 6.45) is 0. The van der Waals surface area contributed by atoms with Crippen LogP contribution >= 0.6 is 22.7 Å². The van der Waals surface area contributed by atoms with E-state index in [1.165, 1.54) is 4.88 Å². The van der Waals surface area contributed by atoms with Crippen LogP contribution in [0, 0.1) is 27.7 Å². The molecule has 1 aliphatic heterocycles. The number of rotatable bonds is 4. The van der Waals surface area contributed by atoms with E-state index in [4.69, 9.17) is 4.18 Å². The van der Waals surface area contributed by atoms with Gasteiger partial charge in [0.25, 0.3) is 0 Å². The summed E-state index contributed by atoms with van der Waals surface area (Å²) in [4.78, 5) is 6.55. The molecular formula is C24H27NO3S3. The molecule has 2 aromatic heterocycles. The van der Waals surface area contributed by atoms with Crippen LogP contribution < -0.4 is 0 Å². The van der Waals surface area contributed by atoms with Crippen molar-refractivity contribution < 1.29 is 12.6 Å². The maximum atomic E-state index is 13.6. The van der Waals surface area contributed by atoms with Crippen LogP contribution in [0.3, 0.4) is 0 Å². The largest absolute Gasteiger partial charge is 0.381 e. The number of nitrogens with zero attached hydrogens (tertiary/aromatic N) is 1. The zero-order chi connectivity index (χ0) is 22.5. The van der Waals surface area contributed by atoms with Gasteiger partial charge in [-0.3, -0.25) is 0 Å². The first-order valence-corrected chi connectivity index (χ1v) is 13.2. The van der Waals surface area contributed by atoms with Gasteiger partial charge in [0.2, 0.25) is 0 Å². The van der Waals surface area contributed by atoms with Crippen molar-refractivity contribution in [3.05, 3.63) is 78.7 Å². The van der Waals surface area contributed by atoms with Crippen molar-refractivity contribution in [2.45, 2.75) is 39.0 Å². The minimum absolute atomic E-state index is 0.386. The van der Waals surface area contributed by atoms with Crippen LogP contribution in [0.2, 0.25) is 0 Å². The molecular weight excluding hydrogens is 446 g/mol. The summed E-state index contributed by atoms with van der Waals surface area (Å²) in [6.45, 7) is 8.24. The summed E-state index contributed by atoms with van der Waals surface area (Å²) in [5, 5.41) is -0.818. The van der Waals surface area contributed by atoms with Gasteiger partial charge in [0.15, 0.2) is 5.76 Å². The van der Waals surface area contributed by atoms with E-state index in [-0.39, 0.29) is 6.04 Å². The van der Waals surface area contributed by atoms with Crippen molar-refractivity contribution in [3.8, 4) is 0 Å².